The number of carbonyl (C=O) groups excluding carboxylic acids is 3. The standard InChI is InChI=1S/C12H9ClN4O3S/c1-15-9(18)6(10(19)16(2)12(15)20)5-7-8(13)14-11-17(7)3-4-21-11/h3-5H,1-2H3. The molecule has 0 unspecified atom stereocenters. The van der Waals surface area contributed by atoms with Crippen molar-refractivity contribution < 1.29 is 14.4 Å². The molecule has 3 heterocycles. The second-order valence-corrected chi connectivity index (χ2v) is 5.64. The van der Waals surface area contributed by atoms with Gasteiger partial charge < -0.3 is 0 Å². The van der Waals surface area contributed by atoms with Crippen LogP contribution in [-0.4, -0.2) is 51.1 Å². The fraction of sp³-hybridized carbons (Fsp3) is 0.167. The maximum atomic E-state index is 12.1. The van der Waals surface area contributed by atoms with Crippen molar-refractivity contribution in [2.24, 2.45) is 0 Å². The number of thiazole rings is 1. The van der Waals surface area contributed by atoms with Crippen molar-refractivity contribution in [3.8, 4) is 0 Å². The van der Waals surface area contributed by atoms with Crippen molar-refractivity contribution in [2.75, 3.05) is 14.1 Å². The molecule has 0 aliphatic carbocycles. The first-order valence-electron chi connectivity index (χ1n) is 5.84. The number of carbonyl (C=O) groups is 3. The van der Waals surface area contributed by atoms with E-state index in [1.165, 1.54) is 31.5 Å². The van der Waals surface area contributed by atoms with Crippen LogP contribution in [0.3, 0.4) is 0 Å². The second-order valence-electron chi connectivity index (χ2n) is 4.41. The lowest BCUT2D eigenvalue weighted by molar-refractivity contribution is -0.134. The van der Waals surface area contributed by atoms with E-state index in [2.05, 4.69) is 4.98 Å². The molecule has 7 nitrogen and oxygen atoms in total. The average Bonchev–Trinajstić information content (AvgIpc) is 3.01. The first-order valence-corrected chi connectivity index (χ1v) is 7.10. The Balaban J connectivity index is 2.15. The van der Waals surface area contributed by atoms with E-state index in [9.17, 15) is 14.4 Å². The highest BCUT2D eigenvalue weighted by Crippen LogP contribution is 2.25. The van der Waals surface area contributed by atoms with Crippen molar-refractivity contribution in [3.05, 3.63) is 28.0 Å². The Morgan fingerprint density at radius 3 is 2.43 bits per heavy atom. The number of imidazole rings is 1. The van der Waals surface area contributed by atoms with Gasteiger partial charge in [0.1, 0.15) is 5.57 Å². The summed E-state index contributed by atoms with van der Waals surface area (Å²) in [4.78, 5) is 42.5. The monoisotopic (exact) mass is 324 g/mol. The highest BCUT2D eigenvalue weighted by molar-refractivity contribution is 7.15. The normalized spacial score (nSPS) is 16.3. The fourth-order valence-electron chi connectivity index (χ4n) is 2.02. The number of halogens is 1. The van der Waals surface area contributed by atoms with E-state index in [1.54, 1.807) is 10.6 Å². The van der Waals surface area contributed by atoms with E-state index in [-0.39, 0.29) is 10.7 Å². The number of aromatic nitrogens is 2. The van der Waals surface area contributed by atoms with E-state index in [0.29, 0.717) is 10.7 Å². The summed E-state index contributed by atoms with van der Waals surface area (Å²) < 4.78 is 1.68. The van der Waals surface area contributed by atoms with Crippen molar-refractivity contribution in [1.82, 2.24) is 19.2 Å². The highest BCUT2D eigenvalue weighted by atomic mass is 35.5. The van der Waals surface area contributed by atoms with E-state index >= 15 is 0 Å². The SMILES string of the molecule is CN1C(=O)C(=Cc2c(Cl)nc3sccn23)C(=O)N(C)C1=O. The molecule has 1 saturated heterocycles. The van der Waals surface area contributed by atoms with Gasteiger partial charge in [-0.3, -0.25) is 23.8 Å². The number of hydrogen-bond acceptors (Lipinski definition) is 5. The third-order valence-electron chi connectivity index (χ3n) is 3.18. The Bertz CT molecular complexity index is 796. The first kappa shape index (κ1) is 13.8. The molecule has 1 aliphatic rings. The third-order valence-corrected chi connectivity index (χ3v) is 4.21. The summed E-state index contributed by atoms with van der Waals surface area (Å²) in [6.07, 6.45) is 3.10. The second kappa shape index (κ2) is 4.68. The van der Waals surface area contributed by atoms with Crippen LogP contribution < -0.4 is 0 Å². The van der Waals surface area contributed by atoms with Gasteiger partial charge in [0, 0.05) is 25.7 Å². The summed E-state index contributed by atoms with van der Waals surface area (Å²) in [5.74, 6) is -1.33. The molecule has 0 aromatic carbocycles. The van der Waals surface area contributed by atoms with Gasteiger partial charge in [-0.05, 0) is 6.08 Å². The number of likely N-dealkylation sites (N-methyl/N-ethyl adjacent to an activating group) is 2. The van der Waals surface area contributed by atoms with Crippen LogP contribution in [0.25, 0.3) is 11.0 Å². The van der Waals surface area contributed by atoms with Gasteiger partial charge in [-0.15, -0.1) is 11.3 Å². The molecular formula is C12H9ClN4O3S. The molecule has 108 valence electrons. The summed E-state index contributed by atoms with van der Waals surface area (Å²) in [5, 5.41) is 2.00. The van der Waals surface area contributed by atoms with E-state index in [0.717, 1.165) is 9.80 Å². The molecule has 0 saturated carbocycles. The molecule has 3 rings (SSSR count). The van der Waals surface area contributed by atoms with Gasteiger partial charge in [0.05, 0.1) is 5.69 Å². The van der Waals surface area contributed by atoms with Crippen LogP contribution in [-0.2, 0) is 9.59 Å². The molecule has 0 N–H and O–H groups in total. The number of nitrogens with zero attached hydrogens (tertiary/aromatic N) is 4. The summed E-state index contributed by atoms with van der Waals surface area (Å²) in [6, 6.07) is -0.665. The Morgan fingerprint density at radius 1 is 1.19 bits per heavy atom. The van der Waals surface area contributed by atoms with E-state index in [4.69, 9.17) is 11.6 Å². The van der Waals surface area contributed by atoms with Crippen molar-refractivity contribution in [2.45, 2.75) is 0 Å². The molecule has 4 amide bonds. The van der Waals surface area contributed by atoms with Crippen molar-refractivity contribution >= 4 is 51.8 Å². The first-order chi connectivity index (χ1) is 9.91. The smallest absolute Gasteiger partial charge is 0.289 e. The van der Waals surface area contributed by atoms with Crippen LogP contribution in [0.1, 0.15) is 5.69 Å². The highest BCUT2D eigenvalue weighted by Gasteiger charge is 2.38. The Labute approximate surface area is 128 Å². The van der Waals surface area contributed by atoms with Gasteiger partial charge in [-0.1, -0.05) is 11.6 Å². The number of imide groups is 2. The van der Waals surface area contributed by atoms with Crippen LogP contribution >= 0.6 is 22.9 Å². The minimum Gasteiger partial charge on any atom is -0.289 e. The van der Waals surface area contributed by atoms with Crippen LogP contribution in [0.2, 0.25) is 5.15 Å². The summed E-state index contributed by atoms with van der Waals surface area (Å²) in [7, 11) is 2.64. The van der Waals surface area contributed by atoms with Crippen molar-refractivity contribution in [1.29, 1.82) is 0 Å². The molecule has 1 fully saturated rings. The number of rotatable bonds is 1. The zero-order valence-electron chi connectivity index (χ0n) is 11.0. The maximum Gasteiger partial charge on any atom is 0.333 e. The van der Waals surface area contributed by atoms with Crippen LogP contribution in [0.15, 0.2) is 17.2 Å². The Hall–Kier alpha value is -2.19. The van der Waals surface area contributed by atoms with E-state index in [1.807, 2.05) is 5.38 Å². The van der Waals surface area contributed by atoms with Gasteiger partial charge >= 0.3 is 6.03 Å². The average molecular weight is 325 g/mol. The topological polar surface area (TPSA) is 75.0 Å². The predicted molar refractivity (Wildman–Crippen MR) is 77.0 cm³/mol. The third kappa shape index (κ3) is 1.95. The lowest BCUT2D eigenvalue weighted by atomic mass is 10.1. The van der Waals surface area contributed by atoms with E-state index < -0.39 is 17.8 Å². The molecular weight excluding hydrogens is 316 g/mol. The number of barbiturate groups is 1. The minimum absolute atomic E-state index is 0.130. The Kier molecular flexibility index (Phi) is 3.07. The molecule has 0 radical (unpaired) electrons. The van der Waals surface area contributed by atoms with Crippen LogP contribution in [0.5, 0.6) is 0 Å². The quantitative estimate of drug-likeness (QED) is 0.588. The molecule has 0 bridgehead atoms. The molecule has 0 spiro atoms. The maximum absolute atomic E-state index is 12.1. The molecule has 2 aromatic heterocycles. The molecule has 9 heteroatoms. The van der Waals surface area contributed by atoms with Crippen molar-refractivity contribution in [3.63, 3.8) is 0 Å². The van der Waals surface area contributed by atoms with Crippen LogP contribution in [0.4, 0.5) is 4.79 Å². The zero-order valence-corrected chi connectivity index (χ0v) is 12.6. The predicted octanol–water partition coefficient (Wildman–Crippen LogP) is 1.48. The molecule has 21 heavy (non-hydrogen) atoms. The number of amides is 4. The van der Waals surface area contributed by atoms with Crippen LogP contribution in [0, 0.1) is 0 Å². The zero-order chi connectivity index (χ0) is 15.3. The fourth-order valence-corrected chi connectivity index (χ4v) is 3.01. The van der Waals surface area contributed by atoms with Gasteiger partial charge in [-0.2, -0.15) is 0 Å². The number of hydrogen-bond donors (Lipinski definition) is 0. The van der Waals surface area contributed by atoms with Gasteiger partial charge in [0.15, 0.2) is 10.1 Å². The number of fused-ring (bicyclic) bond motifs is 1. The van der Waals surface area contributed by atoms with Gasteiger partial charge in [-0.25, -0.2) is 9.78 Å². The Morgan fingerprint density at radius 2 is 1.81 bits per heavy atom. The summed E-state index contributed by atoms with van der Waals surface area (Å²) >= 11 is 7.42. The summed E-state index contributed by atoms with van der Waals surface area (Å²) in [6.45, 7) is 0. The molecule has 1 aliphatic heterocycles. The largest absolute Gasteiger partial charge is 0.333 e. The number of urea groups is 1. The molecule has 2 aromatic rings. The lowest BCUT2D eigenvalue weighted by Gasteiger charge is -2.28. The van der Waals surface area contributed by atoms with Gasteiger partial charge in [0.2, 0.25) is 0 Å². The minimum atomic E-state index is -0.665. The van der Waals surface area contributed by atoms with Gasteiger partial charge in [0.25, 0.3) is 11.8 Å². The lowest BCUT2D eigenvalue weighted by Crippen LogP contribution is -2.52. The molecule has 0 atom stereocenters. The summed E-state index contributed by atoms with van der Waals surface area (Å²) in [5.41, 5.74) is 0.301.